The zero-order valence-electron chi connectivity index (χ0n) is 12.3. The van der Waals surface area contributed by atoms with Crippen LogP contribution in [0.25, 0.3) is 0 Å². The van der Waals surface area contributed by atoms with Crippen LogP contribution in [0, 0.1) is 0 Å². The quantitative estimate of drug-likeness (QED) is 0.787. The summed E-state index contributed by atoms with van der Waals surface area (Å²) < 4.78 is 0. The molecular formula is C17H20Cl2N2. The van der Waals surface area contributed by atoms with Crippen LogP contribution in [0.15, 0.2) is 42.6 Å². The maximum absolute atomic E-state index is 6.39. The second-order valence-corrected chi connectivity index (χ2v) is 5.92. The Bertz CT molecular complexity index is 552. The summed E-state index contributed by atoms with van der Waals surface area (Å²) in [5.74, 6) is 0.176. The Balaban J connectivity index is 2.39. The van der Waals surface area contributed by atoms with Gasteiger partial charge in [0.1, 0.15) is 0 Å². The van der Waals surface area contributed by atoms with E-state index in [2.05, 4.69) is 24.1 Å². The molecule has 2 nitrogen and oxygen atoms in total. The molecular weight excluding hydrogens is 303 g/mol. The Morgan fingerprint density at radius 1 is 1.10 bits per heavy atom. The molecule has 2 aromatic rings. The first-order valence-corrected chi connectivity index (χ1v) is 7.99. The minimum atomic E-state index is 0.0426. The van der Waals surface area contributed by atoms with Crippen LogP contribution in [0.4, 0.5) is 0 Å². The summed E-state index contributed by atoms with van der Waals surface area (Å²) in [6.45, 7) is 5.20. The van der Waals surface area contributed by atoms with Crippen molar-refractivity contribution in [1.29, 1.82) is 0 Å². The molecule has 0 aliphatic heterocycles. The van der Waals surface area contributed by atoms with Crippen LogP contribution >= 0.6 is 23.2 Å². The molecule has 0 aliphatic rings. The summed E-state index contributed by atoms with van der Waals surface area (Å²) in [6.07, 6.45) is 2.87. The molecule has 0 saturated carbocycles. The first-order valence-electron chi connectivity index (χ1n) is 7.23. The van der Waals surface area contributed by atoms with E-state index in [0.717, 1.165) is 24.2 Å². The predicted molar refractivity (Wildman–Crippen MR) is 90.1 cm³/mol. The van der Waals surface area contributed by atoms with Crippen molar-refractivity contribution in [3.05, 3.63) is 63.9 Å². The zero-order chi connectivity index (χ0) is 15.2. The fourth-order valence-corrected chi connectivity index (χ4v) is 3.09. The lowest BCUT2D eigenvalue weighted by molar-refractivity contribution is 0.460. The standard InChI is InChI=1S/C17H20Cl2N2/c1-3-10-21-17(12(2)15-9-4-5-11-20-15)16-13(18)7-6-8-14(16)19/h4-9,11-12,17,21H,3,10H2,1-2H3. The molecule has 1 aromatic carbocycles. The van der Waals surface area contributed by atoms with Crippen molar-refractivity contribution in [1.82, 2.24) is 10.3 Å². The van der Waals surface area contributed by atoms with Gasteiger partial charge in [0.25, 0.3) is 0 Å². The lowest BCUT2D eigenvalue weighted by Gasteiger charge is -2.27. The molecule has 0 aliphatic carbocycles. The predicted octanol–water partition coefficient (Wildman–Crippen LogP) is 5.23. The molecule has 1 N–H and O–H groups in total. The van der Waals surface area contributed by atoms with Crippen LogP contribution in [-0.4, -0.2) is 11.5 Å². The molecule has 2 rings (SSSR count). The van der Waals surface area contributed by atoms with Gasteiger partial charge < -0.3 is 5.32 Å². The van der Waals surface area contributed by atoms with Gasteiger partial charge >= 0.3 is 0 Å². The van der Waals surface area contributed by atoms with E-state index in [0.29, 0.717) is 10.0 Å². The van der Waals surface area contributed by atoms with Crippen molar-refractivity contribution < 1.29 is 0 Å². The molecule has 0 saturated heterocycles. The molecule has 0 radical (unpaired) electrons. The highest BCUT2D eigenvalue weighted by molar-refractivity contribution is 6.36. The van der Waals surface area contributed by atoms with Crippen molar-refractivity contribution in [3.63, 3.8) is 0 Å². The minimum Gasteiger partial charge on any atom is -0.309 e. The van der Waals surface area contributed by atoms with Crippen molar-refractivity contribution in [2.24, 2.45) is 0 Å². The van der Waals surface area contributed by atoms with E-state index in [-0.39, 0.29) is 12.0 Å². The van der Waals surface area contributed by atoms with E-state index < -0.39 is 0 Å². The first-order chi connectivity index (χ1) is 10.1. The number of pyridine rings is 1. The summed E-state index contributed by atoms with van der Waals surface area (Å²) in [5, 5.41) is 4.94. The highest BCUT2D eigenvalue weighted by Crippen LogP contribution is 2.37. The molecule has 1 heterocycles. The van der Waals surface area contributed by atoms with Crippen molar-refractivity contribution in [2.45, 2.75) is 32.2 Å². The summed E-state index contributed by atoms with van der Waals surface area (Å²) in [5.41, 5.74) is 1.98. The Kier molecular flexibility index (Phi) is 6.04. The van der Waals surface area contributed by atoms with Crippen molar-refractivity contribution >= 4 is 23.2 Å². The van der Waals surface area contributed by atoms with Gasteiger partial charge in [0, 0.05) is 39.5 Å². The summed E-state index contributed by atoms with van der Waals surface area (Å²) in [4.78, 5) is 4.47. The van der Waals surface area contributed by atoms with Gasteiger partial charge in [0.05, 0.1) is 0 Å². The van der Waals surface area contributed by atoms with Gasteiger partial charge in [-0.3, -0.25) is 4.98 Å². The van der Waals surface area contributed by atoms with Gasteiger partial charge in [0.2, 0.25) is 0 Å². The topological polar surface area (TPSA) is 24.9 Å². The number of hydrogen-bond donors (Lipinski definition) is 1. The summed E-state index contributed by atoms with van der Waals surface area (Å²) in [7, 11) is 0. The molecule has 1 aromatic heterocycles. The Hall–Kier alpha value is -1.09. The molecule has 112 valence electrons. The average molecular weight is 323 g/mol. The largest absolute Gasteiger partial charge is 0.309 e. The lowest BCUT2D eigenvalue weighted by Crippen LogP contribution is -2.27. The summed E-state index contributed by atoms with van der Waals surface area (Å²) in [6, 6.07) is 11.6. The van der Waals surface area contributed by atoms with Crippen LogP contribution < -0.4 is 5.32 Å². The molecule has 0 spiro atoms. The maximum atomic E-state index is 6.39. The normalized spacial score (nSPS) is 13.9. The molecule has 2 unspecified atom stereocenters. The fraction of sp³-hybridized carbons (Fsp3) is 0.353. The van der Waals surface area contributed by atoms with E-state index in [1.54, 1.807) is 0 Å². The highest BCUT2D eigenvalue weighted by atomic mass is 35.5. The van der Waals surface area contributed by atoms with Gasteiger partial charge in [0.15, 0.2) is 0 Å². The third-order valence-corrected chi connectivity index (χ3v) is 4.24. The monoisotopic (exact) mass is 322 g/mol. The summed E-state index contributed by atoms with van der Waals surface area (Å²) >= 11 is 12.8. The van der Waals surface area contributed by atoms with E-state index in [4.69, 9.17) is 23.2 Å². The number of rotatable bonds is 6. The number of nitrogens with one attached hydrogen (secondary N) is 1. The van der Waals surface area contributed by atoms with Crippen LogP contribution in [-0.2, 0) is 0 Å². The zero-order valence-corrected chi connectivity index (χ0v) is 13.8. The Labute approximate surface area is 136 Å². The second-order valence-electron chi connectivity index (χ2n) is 5.11. The van der Waals surface area contributed by atoms with E-state index in [1.165, 1.54) is 0 Å². The Morgan fingerprint density at radius 2 is 1.81 bits per heavy atom. The van der Waals surface area contributed by atoms with Gasteiger partial charge in [-0.1, -0.05) is 49.2 Å². The second kappa shape index (κ2) is 7.79. The molecule has 0 fully saturated rings. The third kappa shape index (κ3) is 3.97. The minimum absolute atomic E-state index is 0.0426. The van der Waals surface area contributed by atoms with Gasteiger partial charge in [-0.25, -0.2) is 0 Å². The van der Waals surface area contributed by atoms with E-state index in [9.17, 15) is 0 Å². The molecule has 2 atom stereocenters. The molecule has 0 amide bonds. The Morgan fingerprint density at radius 3 is 2.38 bits per heavy atom. The SMILES string of the molecule is CCCNC(c1c(Cl)cccc1Cl)C(C)c1ccccn1. The van der Waals surface area contributed by atoms with Crippen molar-refractivity contribution in [2.75, 3.05) is 6.54 Å². The highest BCUT2D eigenvalue weighted by Gasteiger charge is 2.25. The first kappa shape index (κ1) is 16.3. The number of aromatic nitrogens is 1. The smallest absolute Gasteiger partial charge is 0.0468 e. The van der Waals surface area contributed by atoms with Crippen LogP contribution in [0.2, 0.25) is 10.0 Å². The average Bonchev–Trinajstić information content (AvgIpc) is 2.50. The molecule has 0 bridgehead atoms. The molecule has 4 heteroatoms. The van der Waals surface area contributed by atoms with Crippen molar-refractivity contribution in [3.8, 4) is 0 Å². The number of benzene rings is 1. The van der Waals surface area contributed by atoms with Gasteiger partial charge in [-0.05, 0) is 37.2 Å². The van der Waals surface area contributed by atoms with Gasteiger partial charge in [-0.15, -0.1) is 0 Å². The van der Waals surface area contributed by atoms with Crippen LogP contribution in [0.3, 0.4) is 0 Å². The number of hydrogen-bond acceptors (Lipinski definition) is 2. The lowest BCUT2D eigenvalue weighted by atomic mass is 9.91. The number of halogens is 2. The number of nitrogens with zero attached hydrogens (tertiary/aromatic N) is 1. The van der Waals surface area contributed by atoms with Crippen LogP contribution in [0.5, 0.6) is 0 Å². The maximum Gasteiger partial charge on any atom is 0.0468 e. The fourth-order valence-electron chi connectivity index (χ4n) is 2.45. The van der Waals surface area contributed by atoms with Gasteiger partial charge in [-0.2, -0.15) is 0 Å². The van der Waals surface area contributed by atoms with E-state index >= 15 is 0 Å². The third-order valence-electron chi connectivity index (χ3n) is 3.58. The van der Waals surface area contributed by atoms with E-state index in [1.807, 2.05) is 42.6 Å². The van der Waals surface area contributed by atoms with Crippen LogP contribution in [0.1, 0.15) is 43.5 Å². The molecule has 21 heavy (non-hydrogen) atoms.